The highest BCUT2D eigenvalue weighted by molar-refractivity contribution is 7.92. The van der Waals surface area contributed by atoms with Gasteiger partial charge in [0.15, 0.2) is 0 Å². The minimum atomic E-state index is -3.84. The topological polar surface area (TPSA) is 77.9 Å². The average Bonchev–Trinajstić information content (AvgIpc) is 2.73. The van der Waals surface area contributed by atoms with Crippen LogP contribution in [0.3, 0.4) is 0 Å². The molecule has 2 heterocycles. The van der Waals surface area contributed by atoms with Crippen LogP contribution in [-0.2, 0) is 16.4 Å². The molecule has 0 radical (unpaired) electrons. The summed E-state index contributed by atoms with van der Waals surface area (Å²) in [6.45, 7) is 1.14. The number of anilines is 1. The second-order valence-electron chi connectivity index (χ2n) is 7.50. The molecule has 4 rings (SSSR count). The van der Waals surface area contributed by atoms with Gasteiger partial charge in [0.2, 0.25) is 0 Å². The molecule has 154 valence electrons. The second-order valence-corrected chi connectivity index (χ2v) is 9.77. The number of β-amino-alcohol motifs (C(OH)–C–C–N with tert-alkyl or cyclic N) is 1. The van der Waals surface area contributed by atoms with E-state index in [1.165, 1.54) is 27.4 Å². The smallest absolute Gasteiger partial charge is 0.264 e. The van der Waals surface area contributed by atoms with Crippen LogP contribution in [0.1, 0.15) is 35.2 Å². The number of sulfonamides is 1. The molecule has 0 unspecified atom stereocenters. The molecule has 29 heavy (non-hydrogen) atoms. The van der Waals surface area contributed by atoms with Gasteiger partial charge in [0, 0.05) is 19.6 Å². The van der Waals surface area contributed by atoms with Crippen molar-refractivity contribution in [2.45, 2.75) is 36.7 Å². The standard InChI is InChI=1S/C21H23ClN2O4S/c22-19-10-9-17(13-18(19)21(26)23-11-4-7-16(25)14-23)29(27,28)24-12-3-6-15-5-1-2-8-20(15)24/h1-2,5,8-10,13,16,25H,3-4,6-7,11-12,14H2/t16-/m0/s1. The summed E-state index contributed by atoms with van der Waals surface area (Å²) in [5, 5.41) is 10.1. The van der Waals surface area contributed by atoms with E-state index in [0.717, 1.165) is 18.4 Å². The highest BCUT2D eigenvalue weighted by atomic mass is 35.5. The number of hydrogen-bond acceptors (Lipinski definition) is 4. The van der Waals surface area contributed by atoms with Crippen LogP contribution in [0.5, 0.6) is 0 Å². The molecule has 1 saturated heterocycles. The molecule has 1 amide bonds. The van der Waals surface area contributed by atoms with Crippen LogP contribution in [0.15, 0.2) is 47.4 Å². The van der Waals surface area contributed by atoms with Gasteiger partial charge in [0.1, 0.15) is 0 Å². The summed E-state index contributed by atoms with van der Waals surface area (Å²) in [5.41, 5.74) is 1.82. The first-order valence-electron chi connectivity index (χ1n) is 9.75. The van der Waals surface area contributed by atoms with Crippen LogP contribution in [0.25, 0.3) is 0 Å². The highest BCUT2D eigenvalue weighted by Gasteiger charge is 2.31. The number of carbonyl (C=O) groups is 1. The Morgan fingerprint density at radius 1 is 1.10 bits per heavy atom. The molecule has 2 aromatic carbocycles. The van der Waals surface area contributed by atoms with Crippen LogP contribution < -0.4 is 4.31 Å². The summed E-state index contributed by atoms with van der Waals surface area (Å²) >= 11 is 6.25. The van der Waals surface area contributed by atoms with E-state index in [1.54, 1.807) is 0 Å². The third-order valence-electron chi connectivity index (χ3n) is 5.51. The molecular formula is C21H23ClN2O4S. The molecule has 1 N–H and O–H groups in total. The maximum atomic E-state index is 13.4. The zero-order valence-corrected chi connectivity index (χ0v) is 17.5. The van der Waals surface area contributed by atoms with E-state index in [1.807, 2.05) is 24.3 Å². The number of aliphatic hydroxyl groups excluding tert-OH is 1. The number of fused-ring (bicyclic) bond motifs is 1. The fraction of sp³-hybridized carbons (Fsp3) is 0.381. The summed E-state index contributed by atoms with van der Waals surface area (Å²) in [5.74, 6) is -0.357. The van der Waals surface area contributed by atoms with Crippen molar-refractivity contribution < 1.29 is 18.3 Å². The minimum absolute atomic E-state index is 0.0412. The number of carbonyl (C=O) groups excluding carboxylic acids is 1. The molecular weight excluding hydrogens is 412 g/mol. The van der Waals surface area contributed by atoms with E-state index >= 15 is 0 Å². The zero-order valence-electron chi connectivity index (χ0n) is 15.9. The van der Waals surface area contributed by atoms with Crippen LogP contribution >= 0.6 is 11.6 Å². The molecule has 2 aromatic rings. The lowest BCUT2D eigenvalue weighted by Crippen LogP contribution is -2.42. The Kier molecular flexibility index (Phi) is 5.55. The van der Waals surface area contributed by atoms with Gasteiger partial charge in [-0.05, 0) is 55.5 Å². The first-order valence-corrected chi connectivity index (χ1v) is 11.6. The molecule has 2 aliphatic heterocycles. The van der Waals surface area contributed by atoms with Gasteiger partial charge in [-0.25, -0.2) is 8.42 Å². The van der Waals surface area contributed by atoms with E-state index in [-0.39, 0.29) is 27.9 Å². The summed E-state index contributed by atoms with van der Waals surface area (Å²) in [4.78, 5) is 14.5. The number of para-hydroxylation sites is 1. The molecule has 1 fully saturated rings. The van der Waals surface area contributed by atoms with E-state index in [0.29, 0.717) is 31.6 Å². The number of likely N-dealkylation sites (tertiary alicyclic amines) is 1. The Labute approximate surface area is 175 Å². The maximum absolute atomic E-state index is 13.4. The number of aliphatic hydroxyl groups is 1. The van der Waals surface area contributed by atoms with Crippen molar-refractivity contribution in [3.8, 4) is 0 Å². The summed E-state index contributed by atoms with van der Waals surface area (Å²) in [6, 6.07) is 11.7. The number of piperidine rings is 1. The average molecular weight is 435 g/mol. The van der Waals surface area contributed by atoms with E-state index in [2.05, 4.69) is 0 Å². The van der Waals surface area contributed by atoms with Crippen molar-refractivity contribution in [1.82, 2.24) is 4.90 Å². The monoisotopic (exact) mass is 434 g/mol. The minimum Gasteiger partial charge on any atom is -0.391 e. The van der Waals surface area contributed by atoms with Gasteiger partial charge in [0.25, 0.3) is 15.9 Å². The third kappa shape index (κ3) is 3.86. The largest absolute Gasteiger partial charge is 0.391 e. The lowest BCUT2D eigenvalue weighted by Gasteiger charge is -2.31. The van der Waals surface area contributed by atoms with Crippen LogP contribution in [0.4, 0.5) is 5.69 Å². The summed E-state index contributed by atoms with van der Waals surface area (Å²) < 4.78 is 28.2. The SMILES string of the molecule is O=C(c1cc(S(=O)(=O)N2CCCc3ccccc32)ccc1Cl)N1CCC[C@H](O)C1. The number of nitrogens with zero attached hydrogens (tertiary/aromatic N) is 2. The number of halogens is 1. The quantitative estimate of drug-likeness (QED) is 0.805. The van der Waals surface area contributed by atoms with Gasteiger partial charge < -0.3 is 10.0 Å². The van der Waals surface area contributed by atoms with Gasteiger partial charge in [-0.1, -0.05) is 29.8 Å². The van der Waals surface area contributed by atoms with Crippen molar-refractivity contribution in [3.63, 3.8) is 0 Å². The molecule has 0 aliphatic carbocycles. The molecule has 0 bridgehead atoms. The van der Waals surface area contributed by atoms with Crippen molar-refractivity contribution >= 4 is 33.2 Å². The van der Waals surface area contributed by atoms with Crippen LogP contribution in [0.2, 0.25) is 5.02 Å². The summed E-state index contributed by atoms with van der Waals surface area (Å²) in [6.07, 6.45) is 2.36. The summed E-state index contributed by atoms with van der Waals surface area (Å²) in [7, 11) is -3.84. The zero-order chi connectivity index (χ0) is 20.6. The number of benzene rings is 2. The van der Waals surface area contributed by atoms with Gasteiger partial charge in [0.05, 0.1) is 27.3 Å². The Hall–Kier alpha value is -2.09. The third-order valence-corrected chi connectivity index (χ3v) is 7.65. The van der Waals surface area contributed by atoms with Crippen molar-refractivity contribution in [1.29, 1.82) is 0 Å². The van der Waals surface area contributed by atoms with Gasteiger partial charge in [-0.2, -0.15) is 0 Å². The first kappa shape index (κ1) is 20.2. The fourth-order valence-electron chi connectivity index (χ4n) is 4.01. The predicted octanol–water partition coefficient (Wildman–Crippen LogP) is 3.08. The number of hydrogen-bond donors (Lipinski definition) is 1. The number of amides is 1. The van der Waals surface area contributed by atoms with Gasteiger partial charge >= 0.3 is 0 Å². The molecule has 8 heteroatoms. The molecule has 6 nitrogen and oxygen atoms in total. The normalized spacial score (nSPS) is 19.7. The van der Waals surface area contributed by atoms with Crippen molar-refractivity contribution in [3.05, 3.63) is 58.6 Å². The Balaban J connectivity index is 1.69. The molecule has 0 aromatic heterocycles. The maximum Gasteiger partial charge on any atom is 0.264 e. The van der Waals surface area contributed by atoms with Crippen molar-refractivity contribution in [2.24, 2.45) is 0 Å². The van der Waals surface area contributed by atoms with Crippen LogP contribution in [0, 0.1) is 0 Å². The Bertz CT molecular complexity index is 1040. The highest BCUT2D eigenvalue weighted by Crippen LogP contribution is 2.33. The van der Waals surface area contributed by atoms with Crippen LogP contribution in [-0.4, -0.2) is 50.1 Å². The van der Waals surface area contributed by atoms with E-state index in [4.69, 9.17) is 11.6 Å². The number of rotatable bonds is 3. The molecule has 1 atom stereocenters. The van der Waals surface area contributed by atoms with E-state index < -0.39 is 16.1 Å². The Morgan fingerprint density at radius 3 is 2.69 bits per heavy atom. The fourth-order valence-corrected chi connectivity index (χ4v) is 5.78. The molecule has 2 aliphatic rings. The second kappa shape index (κ2) is 7.97. The lowest BCUT2D eigenvalue weighted by atomic mass is 10.0. The first-order chi connectivity index (χ1) is 13.9. The molecule has 0 saturated carbocycles. The van der Waals surface area contributed by atoms with Crippen molar-refractivity contribution in [2.75, 3.05) is 23.9 Å². The van der Waals surface area contributed by atoms with Gasteiger partial charge in [-0.15, -0.1) is 0 Å². The van der Waals surface area contributed by atoms with Gasteiger partial charge in [-0.3, -0.25) is 9.10 Å². The number of aryl methyl sites for hydroxylation is 1. The molecule has 0 spiro atoms. The lowest BCUT2D eigenvalue weighted by molar-refractivity contribution is 0.0473. The Morgan fingerprint density at radius 2 is 1.90 bits per heavy atom. The van der Waals surface area contributed by atoms with E-state index in [9.17, 15) is 18.3 Å². The predicted molar refractivity (Wildman–Crippen MR) is 112 cm³/mol.